The number of methoxy groups -OCH3 is 1. The molecule has 10 heteroatoms. The van der Waals surface area contributed by atoms with Gasteiger partial charge >= 0.3 is 5.97 Å². The van der Waals surface area contributed by atoms with Crippen molar-refractivity contribution in [1.29, 1.82) is 0 Å². The number of halogens is 1. The van der Waals surface area contributed by atoms with Crippen LogP contribution in [0.15, 0.2) is 41.3 Å². The van der Waals surface area contributed by atoms with E-state index in [0.29, 0.717) is 12.0 Å². The molecule has 0 atom stereocenters. The van der Waals surface area contributed by atoms with Crippen molar-refractivity contribution in [1.82, 2.24) is 14.5 Å². The van der Waals surface area contributed by atoms with Crippen LogP contribution in [-0.2, 0) is 22.5 Å². The lowest BCUT2D eigenvalue weighted by Gasteiger charge is -2.19. The van der Waals surface area contributed by atoms with Gasteiger partial charge in [0, 0.05) is 26.9 Å². The second-order valence-electron chi connectivity index (χ2n) is 7.24. The van der Waals surface area contributed by atoms with Crippen molar-refractivity contribution in [3.63, 3.8) is 0 Å². The van der Waals surface area contributed by atoms with Gasteiger partial charge in [-0.15, -0.1) is 0 Å². The number of aromatic hydroxyl groups is 1. The molecule has 2 heterocycles. The van der Waals surface area contributed by atoms with Gasteiger partial charge in [-0.25, -0.2) is 9.18 Å². The molecule has 0 fully saturated rings. The molecule has 0 unspecified atom stereocenters. The molecule has 0 radical (unpaired) electrons. The molecule has 0 aliphatic heterocycles. The van der Waals surface area contributed by atoms with Gasteiger partial charge in [-0.1, -0.05) is 12.1 Å². The van der Waals surface area contributed by atoms with Crippen molar-refractivity contribution in [2.75, 3.05) is 27.3 Å². The Labute approximate surface area is 182 Å². The predicted molar refractivity (Wildman–Crippen MR) is 113 cm³/mol. The number of rotatable bonds is 8. The van der Waals surface area contributed by atoms with Crippen LogP contribution < -0.4 is 5.56 Å². The average Bonchev–Trinajstić information content (AvgIpc) is 2.76. The smallest absolute Gasteiger partial charge is 0.345 e. The minimum atomic E-state index is -1.62. The number of aromatic nitrogens is 2. The number of carboxylic acids is 1. The van der Waals surface area contributed by atoms with Gasteiger partial charge in [0.2, 0.25) is 5.91 Å². The molecule has 3 aromatic rings. The fourth-order valence-corrected chi connectivity index (χ4v) is 3.24. The monoisotopic (exact) mass is 443 g/mol. The molecule has 2 aromatic heterocycles. The second kappa shape index (κ2) is 9.56. The van der Waals surface area contributed by atoms with E-state index in [4.69, 9.17) is 4.74 Å². The normalized spacial score (nSPS) is 11.0. The molecule has 0 spiro atoms. The topological polar surface area (TPSA) is 122 Å². The predicted octanol–water partition coefficient (Wildman–Crippen LogP) is 1.63. The van der Waals surface area contributed by atoms with Gasteiger partial charge < -0.3 is 19.8 Å². The van der Waals surface area contributed by atoms with Gasteiger partial charge in [-0.3, -0.25) is 19.1 Å². The van der Waals surface area contributed by atoms with Gasteiger partial charge in [-0.05, 0) is 35.7 Å². The maximum absolute atomic E-state index is 13.2. The summed E-state index contributed by atoms with van der Waals surface area (Å²) >= 11 is 0. The van der Waals surface area contributed by atoms with Gasteiger partial charge in [0.05, 0.1) is 12.1 Å². The molecule has 32 heavy (non-hydrogen) atoms. The van der Waals surface area contributed by atoms with Gasteiger partial charge in [0.15, 0.2) is 11.3 Å². The number of pyridine rings is 2. The van der Waals surface area contributed by atoms with Crippen LogP contribution in [-0.4, -0.2) is 63.8 Å². The van der Waals surface area contributed by atoms with Crippen LogP contribution in [0.5, 0.6) is 5.75 Å². The molecule has 3 rings (SSSR count). The van der Waals surface area contributed by atoms with Crippen LogP contribution in [0, 0.1) is 5.82 Å². The zero-order chi connectivity index (χ0) is 23.4. The van der Waals surface area contributed by atoms with Crippen molar-refractivity contribution in [3.05, 3.63) is 69.4 Å². The van der Waals surface area contributed by atoms with Gasteiger partial charge in [0.1, 0.15) is 17.9 Å². The first-order valence-electron chi connectivity index (χ1n) is 9.68. The zero-order valence-corrected chi connectivity index (χ0v) is 17.5. The van der Waals surface area contributed by atoms with E-state index in [9.17, 15) is 29.0 Å². The third kappa shape index (κ3) is 4.75. The Morgan fingerprint density at radius 3 is 2.53 bits per heavy atom. The first-order chi connectivity index (χ1) is 15.2. The van der Waals surface area contributed by atoms with Crippen LogP contribution in [0.25, 0.3) is 11.0 Å². The fourth-order valence-electron chi connectivity index (χ4n) is 3.24. The fraction of sp³-hybridized carbons (Fsp3) is 0.273. The standard InChI is InChI=1S/C22H22FN3O6/c1-25(7-8-32-2)17(27)12-26-16-10-14(9-13-3-5-15(23)6-4-13)11-24-19(16)20(28)18(21(26)29)22(30)31/h3-6,10-11,28H,7-9,12H2,1-2H3,(H,30,31). The minimum absolute atomic E-state index is 0.114. The summed E-state index contributed by atoms with van der Waals surface area (Å²) in [5.74, 6) is -3.21. The molecule has 0 saturated heterocycles. The van der Waals surface area contributed by atoms with E-state index >= 15 is 0 Å². The lowest BCUT2D eigenvalue weighted by atomic mass is 10.1. The highest BCUT2D eigenvalue weighted by atomic mass is 19.1. The number of nitrogens with zero attached hydrogens (tertiary/aromatic N) is 3. The maximum Gasteiger partial charge on any atom is 0.345 e. The third-order valence-electron chi connectivity index (χ3n) is 5.02. The van der Waals surface area contributed by atoms with Crippen molar-refractivity contribution in [3.8, 4) is 5.75 Å². The van der Waals surface area contributed by atoms with Gasteiger partial charge in [0.25, 0.3) is 5.56 Å². The average molecular weight is 443 g/mol. The number of fused-ring (bicyclic) bond motifs is 1. The van der Waals surface area contributed by atoms with Gasteiger partial charge in [-0.2, -0.15) is 0 Å². The Morgan fingerprint density at radius 1 is 1.22 bits per heavy atom. The summed E-state index contributed by atoms with van der Waals surface area (Å²) in [7, 11) is 3.02. The van der Waals surface area contributed by atoms with E-state index in [0.717, 1.165) is 10.1 Å². The molecule has 0 aliphatic carbocycles. The molecule has 1 aromatic carbocycles. The van der Waals surface area contributed by atoms with Crippen molar-refractivity contribution in [2.45, 2.75) is 13.0 Å². The number of amides is 1. The van der Waals surface area contributed by atoms with E-state index < -0.39 is 35.3 Å². The molecule has 2 N–H and O–H groups in total. The largest absolute Gasteiger partial charge is 0.505 e. The quantitative estimate of drug-likeness (QED) is 0.543. The number of ether oxygens (including phenoxy) is 1. The molecule has 0 saturated carbocycles. The first-order valence-corrected chi connectivity index (χ1v) is 9.68. The highest BCUT2D eigenvalue weighted by Gasteiger charge is 2.24. The van der Waals surface area contributed by atoms with E-state index in [1.54, 1.807) is 18.2 Å². The lowest BCUT2D eigenvalue weighted by Crippen LogP contribution is -2.37. The number of carbonyl (C=O) groups excluding carboxylic acids is 1. The summed E-state index contributed by atoms with van der Waals surface area (Å²) in [4.78, 5) is 42.6. The Kier molecular flexibility index (Phi) is 6.84. The highest BCUT2D eigenvalue weighted by Crippen LogP contribution is 2.26. The molecule has 1 amide bonds. The number of hydrogen-bond donors (Lipinski definition) is 2. The van der Waals surface area contributed by atoms with Crippen LogP contribution in [0.4, 0.5) is 4.39 Å². The zero-order valence-electron chi connectivity index (χ0n) is 17.5. The number of carbonyl (C=O) groups is 2. The molecular formula is C22H22FN3O6. The molecule has 9 nitrogen and oxygen atoms in total. The van der Waals surface area contributed by atoms with E-state index in [1.807, 2.05) is 0 Å². The van der Waals surface area contributed by atoms with Crippen LogP contribution in [0.1, 0.15) is 21.5 Å². The summed E-state index contributed by atoms with van der Waals surface area (Å²) in [5.41, 5.74) is -0.466. The number of benzene rings is 1. The SMILES string of the molecule is COCCN(C)C(=O)Cn1c(=O)c(C(=O)O)c(O)c2ncc(Cc3ccc(F)cc3)cc21. The molecule has 0 bridgehead atoms. The maximum atomic E-state index is 13.2. The minimum Gasteiger partial charge on any atom is -0.505 e. The Bertz CT molecular complexity index is 1220. The summed E-state index contributed by atoms with van der Waals surface area (Å²) in [6.07, 6.45) is 1.78. The van der Waals surface area contributed by atoms with Crippen molar-refractivity contribution < 1.29 is 28.9 Å². The van der Waals surface area contributed by atoms with E-state index in [2.05, 4.69) is 4.98 Å². The van der Waals surface area contributed by atoms with Crippen LogP contribution in [0.2, 0.25) is 0 Å². The highest BCUT2D eigenvalue weighted by molar-refractivity contribution is 5.97. The Balaban J connectivity index is 2.10. The number of carboxylic acid groups (broad SMARTS) is 1. The van der Waals surface area contributed by atoms with Crippen molar-refractivity contribution in [2.24, 2.45) is 0 Å². The van der Waals surface area contributed by atoms with Crippen molar-refractivity contribution >= 4 is 22.9 Å². The molecule has 0 aliphatic rings. The Morgan fingerprint density at radius 2 is 1.91 bits per heavy atom. The number of aromatic carboxylic acids is 1. The van der Waals surface area contributed by atoms with E-state index in [-0.39, 0.29) is 30.0 Å². The number of likely N-dealkylation sites (N-methyl/N-ethyl adjacent to an activating group) is 1. The van der Waals surface area contributed by atoms with Crippen LogP contribution >= 0.6 is 0 Å². The van der Waals surface area contributed by atoms with Crippen LogP contribution in [0.3, 0.4) is 0 Å². The second-order valence-corrected chi connectivity index (χ2v) is 7.24. The summed E-state index contributed by atoms with van der Waals surface area (Å²) < 4.78 is 19.1. The summed E-state index contributed by atoms with van der Waals surface area (Å²) in [6, 6.07) is 7.40. The summed E-state index contributed by atoms with van der Waals surface area (Å²) in [6.45, 7) is 0.120. The summed E-state index contributed by atoms with van der Waals surface area (Å²) in [5, 5.41) is 19.8. The molecular weight excluding hydrogens is 421 g/mol. The first kappa shape index (κ1) is 22.9. The Hall–Kier alpha value is -3.79. The third-order valence-corrected chi connectivity index (χ3v) is 5.02. The number of hydrogen-bond acceptors (Lipinski definition) is 6. The molecule has 168 valence electrons. The lowest BCUT2D eigenvalue weighted by molar-refractivity contribution is -0.131. The van der Waals surface area contributed by atoms with E-state index in [1.165, 1.54) is 37.4 Å².